The number of thioether (sulfide) groups is 1. The van der Waals surface area contributed by atoms with Crippen LogP contribution in [0.2, 0.25) is 0 Å². The minimum atomic E-state index is -3.51. The van der Waals surface area contributed by atoms with E-state index in [1.54, 1.807) is 12.1 Å². The van der Waals surface area contributed by atoms with Crippen molar-refractivity contribution >= 4 is 53.6 Å². The first kappa shape index (κ1) is 17.1. The number of halogens is 2. The van der Waals surface area contributed by atoms with Crippen LogP contribution in [-0.2, 0) is 10.0 Å². The molecule has 0 aliphatic rings. The molecule has 0 spiro atoms. The van der Waals surface area contributed by atoms with Crippen molar-refractivity contribution in [1.82, 2.24) is 4.72 Å². The van der Waals surface area contributed by atoms with Crippen LogP contribution < -0.4 is 4.72 Å². The molecule has 1 rings (SSSR count). The Kier molecular flexibility index (Phi) is 6.91. The van der Waals surface area contributed by atoms with Crippen LogP contribution in [0.3, 0.4) is 0 Å². The Hall–Kier alpha value is -0.000000000000000111. The molecule has 0 fully saturated rings. The lowest BCUT2D eigenvalue weighted by Crippen LogP contribution is -2.26. The van der Waals surface area contributed by atoms with Gasteiger partial charge in [-0.05, 0) is 40.5 Å². The third kappa shape index (κ3) is 5.12. The third-order valence-corrected chi connectivity index (χ3v) is 6.36. The minimum absolute atomic E-state index is 0.229. The second-order valence-electron chi connectivity index (χ2n) is 3.69. The summed E-state index contributed by atoms with van der Waals surface area (Å²) in [7, 11) is -3.51. The summed E-state index contributed by atoms with van der Waals surface area (Å²) in [5, 5.41) is 0. The van der Waals surface area contributed by atoms with Gasteiger partial charge in [-0.2, -0.15) is 0 Å². The van der Waals surface area contributed by atoms with Crippen LogP contribution in [0.25, 0.3) is 0 Å². The molecule has 0 aliphatic carbocycles. The summed E-state index contributed by atoms with van der Waals surface area (Å²) in [5.74, 6) is 3.72. The first-order chi connectivity index (χ1) is 8.88. The van der Waals surface area contributed by atoms with Crippen molar-refractivity contribution in [3.63, 3.8) is 0 Å². The zero-order chi connectivity index (χ0) is 14.5. The van der Waals surface area contributed by atoms with Crippen molar-refractivity contribution in [2.24, 2.45) is 0 Å². The van der Waals surface area contributed by atoms with Gasteiger partial charge in [-0.15, -0.1) is 18.2 Å². The molecular weight excluding hydrogens is 414 g/mol. The van der Waals surface area contributed by atoms with E-state index in [2.05, 4.69) is 42.5 Å². The number of hydrogen-bond donors (Lipinski definition) is 1. The maximum Gasteiger partial charge on any atom is 0.241 e. The Morgan fingerprint density at radius 1 is 1.37 bits per heavy atom. The second kappa shape index (κ2) is 7.70. The molecule has 1 aromatic carbocycles. The predicted molar refractivity (Wildman–Crippen MR) is 87.9 cm³/mol. The minimum Gasteiger partial charge on any atom is -0.210 e. The summed E-state index contributed by atoms with van der Waals surface area (Å²) in [6, 6.07) is 3.36. The van der Waals surface area contributed by atoms with Crippen LogP contribution in [0.4, 0.5) is 0 Å². The first-order valence-corrected chi connectivity index (χ1v) is 9.57. The lowest BCUT2D eigenvalue weighted by atomic mass is 10.2. The van der Waals surface area contributed by atoms with Crippen LogP contribution in [0, 0.1) is 19.3 Å². The second-order valence-corrected chi connectivity index (χ2v) is 8.24. The average molecular weight is 427 g/mol. The van der Waals surface area contributed by atoms with Gasteiger partial charge in [0.25, 0.3) is 0 Å². The first-order valence-electron chi connectivity index (χ1n) is 5.35. The van der Waals surface area contributed by atoms with Crippen LogP contribution in [0.5, 0.6) is 0 Å². The molecule has 0 unspecified atom stereocenters. The Bertz CT molecular complexity index is 594. The smallest absolute Gasteiger partial charge is 0.210 e. The van der Waals surface area contributed by atoms with E-state index in [1.165, 1.54) is 11.8 Å². The quantitative estimate of drug-likeness (QED) is 0.561. The van der Waals surface area contributed by atoms with Crippen molar-refractivity contribution in [2.45, 2.75) is 11.8 Å². The number of nitrogens with one attached hydrogen (secondary N) is 1. The largest absolute Gasteiger partial charge is 0.241 e. The van der Waals surface area contributed by atoms with Crippen LogP contribution in [-0.4, -0.2) is 26.5 Å². The van der Waals surface area contributed by atoms with E-state index in [9.17, 15) is 8.42 Å². The van der Waals surface area contributed by atoms with E-state index < -0.39 is 10.0 Å². The molecule has 19 heavy (non-hydrogen) atoms. The highest BCUT2D eigenvalue weighted by molar-refractivity contribution is 9.11. The molecule has 1 N–H and O–H groups in total. The monoisotopic (exact) mass is 425 g/mol. The maximum absolute atomic E-state index is 12.1. The van der Waals surface area contributed by atoms with Crippen molar-refractivity contribution in [1.29, 1.82) is 0 Å². The molecule has 0 heterocycles. The molecule has 0 radical (unpaired) electrons. The summed E-state index contributed by atoms with van der Waals surface area (Å²) >= 11 is 8.13. The molecule has 0 atom stereocenters. The average Bonchev–Trinajstić information content (AvgIpc) is 2.33. The van der Waals surface area contributed by atoms with Crippen molar-refractivity contribution in [2.75, 3.05) is 18.1 Å². The number of benzene rings is 1. The number of sulfonamides is 1. The van der Waals surface area contributed by atoms with E-state index >= 15 is 0 Å². The van der Waals surface area contributed by atoms with Crippen LogP contribution >= 0.6 is 43.6 Å². The van der Waals surface area contributed by atoms with E-state index in [0.29, 0.717) is 22.5 Å². The molecule has 3 nitrogen and oxygen atoms in total. The highest BCUT2D eigenvalue weighted by atomic mass is 79.9. The molecule has 0 bridgehead atoms. The summed E-state index contributed by atoms with van der Waals surface area (Å²) in [6.07, 6.45) is 5.12. The number of hydrogen-bond acceptors (Lipinski definition) is 3. The predicted octanol–water partition coefficient (Wildman–Crippen LogP) is 3.16. The number of aryl methyl sites for hydroxylation is 1. The maximum atomic E-state index is 12.1. The molecule has 104 valence electrons. The topological polar surface area (TPSA) is 46.2 Å². The van der Waals surface area contributed by atoms with Gasteiger partial charge in [0, 0.05) is 21.2 Å². The van der Waals surface area contributed by atoms with Gasteiger partial charge in [-0.1, -0.05) is 21.9 Å². The highest BCUT2D eigenvalue weighted by Crippen LogP contribution is 2.28. The Morgan fingerprint density at radius 3 is 2.68 bits per heavy atom. The highest BCUT2D eigenvalue weighted by Gasteiger charge is 2.18. The van der Waals surface area contributed by atoms with Gasteiger partial charge >= 0.3 is 0 Å². The van der Waals surface area contributed by atoms with Gasteiger partial charge in [-0.3, -0.25) is 0 Å². The molecule has 7 heteroatoms. The lowest BCUT2D eigenvalue weighted by Gasteiger charge is -2.10. The van der Waals surface area contributed by atoms with E-state index in [0.717, 1.165) is 10.0 Å². The zero-order valence-electron chi connectivity index (χ0n) is 10.2. The fourth-order valence-corrected chi connectivity index (χ4v) is 4.64. The van der Waals surface area contributed by atoms with E-state index in [4.69, 9.17) is 6.42 Å². The normalized spacial score (nSPS) is 11.3. The Balaban J connectivity index is 2.78. The molecule has 1 aromatic rings. The summed E-state index contributed by atoms with van der Waals surface area (Å²) in [6.45, 7) is 2.25. The summed E-state index contributed by atoms with van der Waals surface area (Å²) < 4.78 is 28.1. The van der Waals surface area contributed by atoms with Gasteiger partial charge in [-0.25, -0.2) is 13.1 Å². The standard InChI is InChI=1S/C12H13Br2NO2S2/c1-3-5-18-6-4-15-19(16,17)12-8-10(13)9(2)7-11(12)14/h1,7-8,15H,4-6H2,2H3. The van der Waals surface area contributed by atoms with Crippen molar-refractivity contribution < 1.29 is 8.42 Å². The molecule has 0 saturated heterocycles. The van der Waals surface area contributed by atoms with Gasteiger partial charge in [0.05, 0.1) is 10.6 Å². The van der Waals surface area contributed by atoms with Crippen molar-refractivity contribution in [3.8, 4) is 12.3 Å². The summed E-state index contributed by atoms with van der Waals surface area (Å²) in [5.41, 5.74) is 0.968. The van der Waals surface area contributed by atoms with Crippen molar-refractivity contribution in [3.05, 3.63) is 26.6 Å². The van der Waals surface area contributed by atoms with E-state index in [1.807, 2.05) is 6.92 Å². The molecule has 0 saturated carbocycles. The van der Waals surface area contributed by atoms with Gasteiger partial charge < -0.3 is 0 Å². The number of rotatable bonds is 6. The summed E-state index contributed by atoms with van der Waals surface area (Å²) in [4.78, 5) is 0.229. The zero-order valence-corrected chi connectivity index (χ0v) is 15.0. The SMILES string of the molecule is C#CCSCCNS(=O)(=O)c1cc(Br)c(C)cc1Br. The van der Waals surface area contributed by atoms with Gasteiger partial charge in [0.1, 0.15) is 0 Å². The van der Waals surface area contributed by atoms with Gasteiger partial charge in [0.2, 0.25) is 10.0 Å². The fourth-order valence-electron chi connectivity index (χ4n) is 1.29. The van der Waals surface area contributed by atoms with Crippen LogP contribution in [0.1, 0.15) is 5.56 Å². The molecule has 0 amide bonds. The Labute approximate surface area is 135 Å². The van der Waals surface area contributed by atoms with Gasteiger partial charge in [0.15, 0.2) is 0 Å². The molecule has 0 aromatic heterocycles. The third-order valence-electron chi connectivity index (χ3n) is 2.23. The number of terminal acetylenes is 1. The Morgan fingerprint density at radius 2 is 2.05 bits per heavy atom. The molecule has 0 aliphatic heterocycles. The fraction of sp³-hybridized carbons (Fsp3) is 0.333. The van der Waals surface area contributed by atoms with E-state index in [-0.39, 0.29) is 4.90 Å². The molecular formula is C12H13Br2NO2S2. The van der Waals surface area contributed by atoms with Crippen LogP contribution in [0.15, 0.2) is 26.0 Å². The lowest BCUT2D eigenvalue weighted by molar-refractivity contribution is 0.583.